The summed E-state index contributed by atoms with van der Waals surface area (Å²) in [6, 6.07) is 0. The Hall–Kier alpha value is 2.66. The SMILES string of the molecule is O=S(=O)([O-])[O-].[Al].[Ca+2].[NaH]. The monoisotopic (exact) mass is 187 g/mol. The summed E-state index contributed by atoms with van der Waals surface area (Å²) < 4.78 is 34.1. The molecule has 3 radical (unpaired) electrons. The number of rotatable bonds is 0. The second kappa shape index (κ2) is 9.66. The molecule has 0 saturated heterocycles. The van der Waals surface area contributed by atoms with Crippen molar-refractivity contribution in [2.24, 2.45) is 0 Å². The Morgan fingerprint density at radius 2 is 1.12 bits per heavy atom. The molecule has 8 heteroatoms. The molecule has 0 aliphatic heterocycles. The van der Waals surface area contributed by atoms with Gasteiger partial charge in [0, 0.05) is 27.8 Å². The van der Waals surface area contributed by atoms with Crippen LogP contribution in [0, 0.1) is 0 Å². The number of hydrogen-bond acceptors (Lipinski definition) is 4. The van der Waals surface area contributed by atoms with E-state index in [-0.39, 0.29) is 84.7 Å². The summed E-state index contributed by atoms with van der Waals surface area (Å²) in [6.07, 6.45) is 0. The third-order valence-corrected chi connectivity index (χ3v) is 0. The van der Waals surface area contributed by atoms with Crippen LogP contribution in [0.25, 0.3) is 0 Å². The minimum absolute atomic E-state index is 0. The van der Waals surface area contributed by atoms with Crippen molar-refractivity contribution < 1.29 is 17.5 Å². The van der Waals surface area contributed by atoms with E-state index in [0.29, 0.717) is 0 Å². The molecule has 0 N–H and O–H groups in total. The van der Waals surface area contributed by atoms with Crippen LogP contribution in [0.3, 0.4) is 0 Å². The molecule has 0 fully saturated rings. The van der Waals surface area contributed by atoms with E-state index in [0.717, 1.165) is 0 Å². The Kier molecular flexibility index (Phi) is 27.1. The Morgan fingerprint density at radius 3 is 1.12 bits per heavy atom. The molecule has 0 aliphatic carbocycles. The average molecular weight is 187 g/mol. The van der Waals surface area contributed by atoms with E-state index in [9.17, 15) is 0 Å². The number of hydrogen-bond donors (Lipinski definition) is 0. The summed E-state index contributed by atoms with van der Waals surface area (Å²) in [5, 5.41) is 0. The first-order valence-electron chi connectivity index (χ1n) is 0.667. The van der Waals surface area contributed by atoms with Gasteiger partial charge in [-0.05, 0) is 0 Å². The summed E-state index contributed by atoms with van der Waals surface area (Å²) in [4.78, 5) is 0. The molecule has 0 spiro atoms. The summed E-state index contributed by atoms with van der Waals surface area (Å²) in [7, 11) is -5.17. The van der Waals surface area contributed by atoms with Crippen molar-refractivity contribution in [3.63, 3.8) is 0 Å². The van der Waals surface area contributed by atoms with E-state index in [4.69, 9.17) is 17.5 Å². The third kappa shape index (κ3) is 71.8. The Balaban J connectivity index is -0.0000000267. The average Bonchev–Trinajstić information content (AvgIpc) is 0.722. The normalized spacial score (nSPS) is 7.25. The fourth-order valence-corrected chi connectivity index (χ4v) is 0. The van der Waals surface area contributed by atoms with Crippen molar-refractivity contribution in [3.05, 3.63) is 0 Å². The van der Waals surface area contributed by atoms with Crippen molar-refractivity contribution in [2.45, 2.75) is 0 Å². The second-order valence-corrected chi connectivity index (χ2v) is 1.22. The van der Waals surface area contributed by atoms with Crippen molar-refractivity contribution in [3.8, 4) is 0 Å². The van der Waals surface area contributed by atoms with Crippen molar-refractivity contribution >= 4 is 95.1 Å². The molecule has 0 aliphatic rings. The van der Waals surface area contributed by atoms with Gasteiger partial charge in [0.2, 0.25) is 0 Å². The fraction of sp³-hybridized carbons (Fsp3) is 0. The minimum atomic E-state index is -5.17. The molecule has 0 heterocycles. The summed E-state index contributed by atoms with van der Waals surface area (Å²) >= 11 is 0. The molecule has 0 atom stereocenters. The van der Waals surface area contributed by atoms with E-state index in [2.05, 4.69) is 0 Å². The van der Waals surface area contributed by atoms with Gasteiger partial charge < -0.3 is 9.11 Å². The van der Waals surface area contributed by atoms with Crippen LogP contribution in [-0.4, -0.2) is 102 Å². The summed E-state index contributed by atoms with van der Waals surface area (Å²) in [5.41, 5.74) is 0. The van der Waals surface area contributed by atoms with Gasteiger partial charge in [-0.1, -0.05) is 0 Å². The zero-order chi connectivity index (χ0) is 4.50. The van der Waals surface area contributed by atoms with Crippen molar-refractivity contribution in [1.82, 2.24) is 0 Å². The Morgan fingerprint density at radius 1 is 1.12 bits per heavy atom. The maximum atomic E-state index is 8.52. The van der Waals surface area contributed by atoms with Gasteiger partial charge in [0.05, 0.1) is 0 Å². The van der Waals surface area contributed by atoms with Gasteiger partial charge in [0.25, 0.3) is 0 Å². The van der Waals surface area contributed by atoms with Crippen LogP contribution in [-0.2, 0) is 10.4 Å². The van der Waals surface area contributed by atoms with Gasteiger partial charge in [0.15, 0.2) is 0 Å². The first-order valence-corrected chi connectivity index (χ1v) is 2.00. The molecule has 0 bridgehead atoms. The van der Waals surface area contributed by atoms with Crippen LogP contribution in [0.5, 0.6) is 0 Å². The van der Waals surface area contributed by atoms with Crippen LogP contribution in [0.1, 0.15) is 0 Å². The Bertz CT molecular complexity index is 99.2. The van der Waals surface area contributed by atoms with Gasteiger partial charge in [0.1, 0.15) is 0 Å². The molecule has 0 aromatic carbocycles. The molecule has 0 aromatic rings. The van der Waals surface area contributed by atoms with Crippen LogP contribution in [0.2, 0.25) is 0 Å². The first-order chi connectivity index (χ1) is 2.00. The molecule has 0 aromatic heterocycles. The summed E-state index contributed by atoms with van der Waals surface area (Å²) in [6.45, 7) is 0. The van der Waals surface area contributed by atoms with Gasteiger partial charge >= 0.3 is 67.3 Å². The molecular formula is HAlCaNaO4S. The van der Waals surface area contributed by atoms with E-state index in [1.165, 1.54) is 0 Å². The van der Waals surface area contributed by atoms with Crippen LogP contribution < -0.4 is 0 Å². The molecule has 0 unspecified atom stereocenters. The summed E-state index contributed by atoms with van der Waals surface area (Å²) in [5.74, 6) is 0. The molecule has 0 rings (SSSR count). The van der Waals surface area contributed by atoms with E-state index in [1.807, 2.05) is 0 Å². The van der Waals surface area contributed by atoms with Gasteiger partial charge in [-0.15, -0.1) is 0 Å². The standard InChI is InChI=1S/Al.Ca.Na.H2O4S.H/c;;;1-5(2,3)4;/h;;;(H2,1,2,3,4);/q;+2;;;/p-2. The molecule has 0 amide bonds. The van der Waals surface area contributed by atoms with E-state index in [1.54, 1.807) is 0 Å². The van der Waals surface area contributed by atoms with Crippen LogP contribution in [0.4, 0.5) is 0 Å². The van der Waals surface area contributed by atoms with Crippen LogP contribution in [0.15, 0.2) is 0 Å². The van der Waals surface area contributed by atoms with Crippen molar-refractivity contribution in [1.29, 1.82) is 0 Å². The second-order valence-electron chi connectivity index (χ2n) is 0.408. The van der Waals surface area contributed by atoms with Gasteiger partial charge in [-0.3, -0.25) is 8.42 Å². The molecule has 0 saturated carbocycles. The van der Waals surface area contributed by atoms with Gasteiger partial charge in [-0.2, -0.15) is 0 Å². The topological polar surface area (TPSA) is 80.3 Å². The van der Waals surface area contributed by atoms with Crippen molar-refractivity contribution in [2.75, 3.05) is 0 Å². The maximum absolute atomic E-state index is 8.52. The third-order valence-electron chi connectivity index (χ3n) is 0. The molecule has 37 valence electrons. The fourth-order valence-electron chi connectivity index (χ4n) is 0. The predicted octanol–water partition coefficient (Wildman–Crippen LogP) is -2.75. The zero-order valence-electron chi connectivity index (χ0n) is 3.33. The van der Waals surface area contributed by atoms with E-state index >= 15 is 0 Å². The van der Waals surface area contributed by atoms with Crippen LogP contribution >= 0.6 is 0 Å². The van der Waals surface area contributed by atoms with Gasteiger partial charge in [-0.25, -0.2) is 0 Å². The zero-order valence-corrected chi connectivity index (χ0v) is 7.51. The molecule has 8 heavy (non-hydrogen) atoms. The Labute approximate surface area is 110 Å². The first kappa shape index (κ1) is 22.4. The quantitative estimate of drug-likeness (QED) is 0.234. The van der Waals surface area contributed by atoms with E-state index < -0.39 is 10.4 Å². The molecule has 4 nitrogen and oxygen atoms in total. The molecular weight excluding hydrogens is 186 g/mol. The predicted molar refractivity (Wildman–Crippen MR) is 29.1 cm³/mol.